The number of rotatable bonds is 3. The highest BCUT2D eigenvalue weighted by atomic mass is 79.9. The largest absolute Gasteiger partial charge is 0.337 e. The fourth-order valence-electron chi connectivity index (χ4n) is 1.62. The van der Waals surface area contributed by atoms with Crippen molar-refractivity contribution in [2.24, 2.45) is 0 Å². The summed E-state index contributed by atoms with van der Waals surface area (Å²) in [6.07, 6.45) is 0. The van der Waals surface area contributed by atoms with Crippen LogP contribution in [-0.2, 0) is 6.54 Å². The second-order valence-corrected chi connectivity index (χ2v) is 6.28. The molecular weight excluding hydrogens is 353 g/mol. The average molecular weight is 363 g/mol. The number of carbonyl (C=O) groups is 1. The molecule has 2 nitrogen and oxygen atoms in total. The van der Waals surface area contributed by atoms with E-state index >= 15 is 0 Å². The van der Waals surface area contributed by atoms with Gasteiger partial charge in [0.1, 0.15) is 5.82 Å². The monoisotopic (exact) mass is 361 g/mol. The van der Waals surface area contributed by atoms with Crippen LogP contribution in [0.3, 0.4) is 0 Å². The van der Waals surface area contributed by atoms with E-state index in [1.807, 2.05) is 11.4 Å². The topological polar surface area (TPSA) is 20.3 Å². The lowest BCUT2D eigenvalue weighted by Gasteiger charge is -2.17. The molecule has 1 heterocycles. The minimum atomic E-state index is -0.584. The van der Waals surface area contributed by atoms with Gasteiger partial charge in [0.15, 0.2) is 0 Å². The number of carbonyl (C=O) groups excluding carboxylic acids is 1. The first-order valence-corrected chi connectivity index (χ1v) is 7.46. The summed E-state index contributed by atoms with van der Waals surface area (Å²) < 4.78 is 14.3. The van der Waals surface area contributed by atoms with Crippen LogP contribution in [0.25, 0.3) is 0 Å². The van der Waals surface area contributed by atoms with Crippen LogP contribution < -0.4 is 0 Å². The molecule has 0 aliphatic rings. The van der Waals surface area contributed by atoms with Gasteiger partial charge in [0.25, 0.3) is 5.91 Å². The number of hydrogen-bond acceptors (Lipinski definition) is 2. The Morgan fingerprint density at radius 3 is 2.89 bits per heavy atom. The second kappa shape index (κ2) is 6.03. The molecule has 0 unspecified atom stereocenters. The van der Waals surface area contributed by atoms with Crippen molar-refractivity contribution in [3.63, 3.8) is 0 Å². The van der Waals surface area contributed by atoms with E-state index in [-0.39, 0.29) is 16.5 Å². The molecule has 0 bridgehead atoms. The number of halogens is 3. The van der Waals surface area contributed by atoms with E-state index in [1.54, 1.807) is 18.4 Å². The summed E-state index contributed by atoms with van der Waals surface area (Å²) in [6.45, 7) is 0.460. The molecule has 0 atom stereocenters. The molecular formula is C13H10BrClFNOS. The third-order valence-corrected chi connectivity index (χ3v) is 4.61. The Labute approximate surface area is 127 Å². The summed E-state index contributed by atoms with van der Waals surface area (Å²) in [5.41, 5.74) is 0.180. The zero-order valence-electron chi connectivity index (χ0n) is 9.99. The quantitative estimate of drug-likeness (QED) is 0.783. The van der Waals surface area contributed by atoms with E-state index < -0.39 is 5.82 Å². The fourth-order valence-corrected chi connectivity index (χ4v) is 3.33. The first-order chi connectivity index (χ1) is 8.99. The van der Waals surface area contributed by atoms with Crippen LogP contribution in [-0.4, -0.2) is 17.9 Å². The lowest BCUT2D eigenvalue weighted by Crippen LogP contribution is -2.26. The molecule has 0 N–H and O–H groups in total. The van der Waals surface area contributed by atoms with Crippen molar-refractivity contribution in [2.75, 3.05) is 7.05 Å². The minimum Gasteiger partial charge on any atom is -0.337 e. The van der Waals surface area contributed by atoms with Crippen LogP contribution in [0.5, 0.6) is 0 Å². The van der Waals surface area contributed by atoms with Crippen molar-refractivity contribution in [1.29, 1.82) is 0 Å². The smallest absolute Gasteiger partial charge is 0.255 e. The molecule has 2 aromatic rings. The maximum atomic E-state index is 13.3. The highest BCUT2D eigenvalue weighted by Crippen LogP contribution is 2.24. The van der Waals surface area contributed by atoms with Gasteiger partial charge in [-0.15, -0.1) is 11.3 Å². The predicted molar refractivity (Wildman–Crippen MR) is 79.2 cm³/mol. The lowest BCUT2D eigenvalue weighted by molar-refractivity contribution is 0.0786. The van der Waals surface area contributed by atoms with Crippen LogP contribution in [0, 0.1) is 5.82 Å². The molecule has 2 rings (SSSR count). The number of amides is 1. The van der Waals surface area contributed by atoms with Gasteiger partial charge in [-0.05, 0) is 34.1 Å². The number of hydrogen-bond donors (Lipinski definition) is 0. The van der Waals surface area contributed by atoms with E-state index in [4.69, 9.17) is 11.6 Å². The first-order valence-electron chi connectivity index (χ1n) is 5.41. The summed E-state index contributed by atoms with van der Waals surface area (Å²) in [4.78, 5) is 14.7. The van der Waals surface area contributed by atoms with Gasteiger partial charge in [-0.25, -0.2) is 4.39 Å². The SMILES string of the molecule is CN(Cc1cc(Br)cs1)C(=O)c1cccc(F)c1Cl. The molecule has 0 aliphatic heterocycles. The van der Waals surface area contributed by atoms with Gasteiger partial charge in [0, 0.05) is 21.8 Å². The standard InChI is InChI=1S/C13H10BrClFNOS/c1-17(6-9-5-8(14)7-19-9)13(18)10-3-2-4-11(16)12(10)15/h2-5,7H,6H2,1H3. The Morgan fingerprint density at radius 2 is 2.26 bits per heavy atom. The minimum absolute atomic E-state index is 0.133. The molecule has 0 aliphatic carbocycles. The van der Waals surface area contributed by atoms with Crippen molar-refractivity contribution in [3.8, 4) is 0 Å². The van der Waals surface area contributed by atoms with Gasteiger partial charge in [-0.2, -0.15) is 0 Å². The molecule has 19 heavy (non-hydrogen) atoms. The van der Waals surface area contributed by atoms with Gasteiger partial charge in [-0.3, -0.25) is 4.79 Å². The van der Waals surface area contributed by atoms with Crippen molar-refractivity contribution in [2.45, 2.75) is 6.54 Å². The molecule has 0 spiro atoms. The Kier molecular flexibility index (Phi) is 4.60. The molecule has 0 saturated heterocycles. The maximum Gasteiger partial charge on any atom is 0.255 e. The van der Waals surface area contributed by atoms with Crippen molar-refractivity contribution in [3.05, 3.63) is 55.4 Å². The molecule has 0 saturated carbocycles. The molecule has 0 radical (unpaired) electrons. The van der Waals surface area contributed by atoms with Gasteiger partial charge in [0.2, 0.25) is 0 Å². The second-order valence-electron chi connectivity index (χ2n) is 3.99. The Morgan fingerprint density at radius 1 is 1.53 bits per heavy atom. The molecule has 1 aromatic heterocycles. The Hall–Kier alpha value is -0.910. The molecule has 100 valence electrons. The van der Waals surface area contributed by atoms with Crippen molar-refractivity contribution < 1.29 is 9.18 Å². The highest BCUT2D eigenvalue weighted by molar-refractivity contribution is 9.10. The lowest BCUT2D eigenvalue weighted by atomic mass is 10.2. The molecule has 1 aromatic carbocycles. The van der Waals surface area contributed by atoms with Crippen molar-refractivity contribution in [1.82, 2.24) is 4.90 Å². The summed E-state index contributed by atoms with van der Waals surface area (Å²) in [5.74, 6) is -0.881. The fraction of sp³-hybridized carbons (Fsp3) is 0.154. The zero-order valence-corrected chi connectivity index (χ0v) is 13.1. The van der Waals surface area contributed by atoms with E-state index in [1.165, 1.54) is 23.1 Å². The van der Waals surface area contributed by atoms with Gasteiger partial charge < -0.3 is 4.90 Å². The van der Waals surface area contributed by atoms with E-state index in [0.717, 1.165) is 9.35 Å². The zero-order chi connectivity index (χ0) is 14.0. The number of nitrogens with zero attached hydrogens (tertiary/aromatic N) is 1. The highest BCUT2D eigenvalue weighted by Gasteiger charge is 2.17. The van der Waals surface area contributed by atoms with Gasteiger partial charge in [-0.1, -0.05) is 17.7 Å². The number of thiophene rings is 1. The van der Waals surface area contributed by atoms with Crippen molar-refractivity contribution >= 4 is 44.8 Å². The van der Waals surface area contributed by atoms with E-state index in [0.29, 0.717) is 6.54 Å². The normalized spacial score (nSPS) is 10.5. The van der Waals surface area contributed by atoms with Crippen LogP contribution >= 0.6 is 38.9 Å². The van der Waals surface area contributed by atoms with Crippen LogP contribution in [0.4, 0.5) is 4.39 Å². The summed E-state index contributed by atoms with van der Waals surface area (Å²) >= 11 is 10.7. The Bertz CT molecular complexity index is 616. The number of benzene rings is 1. The predicted octanol–water partition coefficient (Wildman–Crippen LogP) is 4.58. The average Bonchev–Trinajstić information content (AvgIpc) is 2.77. The molecule has 6 heteroatoms. The van der Waals surface area contributed by atoms with Gasteiger partial charge in [0.05, 0.1) is 17.1 Å². The third kappa shape index (κ3) is 3.35. The Balaban J connectivity index is 2.17. The van der Waals surface area contributed by atoms with Crippen LogP contribution in [0.1, 0.15) is 15.2 Å². The third-order valence-electron chi connectivity index (χ3n) is 2.54. The van der Waals surface area contributed by atoms with Gasteiger partial charge >= 0.3 is 0 Å². The van der Waals surface area contributed by atoms with Crippen LogP contribution in [0.15, 0.2) is 34.1 Å². The van der Waals surface area contributed by atoms with E-state index in [2.05, 4.69) is 15.9 Å². The summed E-state index contributed by atoms with van der Waals surface area (Å²) in [7, 11) is 1.66. The molecule has 1 amide bonds. The maximum absolute atomic E-state index is 13.3. The first kappa shape index (κ1) is 14.5. The van der Waals surface area contributed by atoms with E-state index in [9.17, 15) is 9.18 Å². The molecule has 0 fully saturated rings. The summed E-state index contributed by atoms with van der Waals surface area (Å²) in [6, 6.07) is 6.18. The van der Waals surface area contributed by atoms with Crippen LogP contribution in [0.2, 0.25) is 5.02 Å². The summed E-state index contributed by atoms with van der Waals surface area (Å²) in [5, 5.41) is 1.81.